The average Bonchev–Trinajstić information content (AvgIpc) is 2.75. The largest absolute Gasteiger partial charge is 0.476 e. The minimum Gasteiger partial charge on any atom is -0.476 e. The van der Waals surface area contributed by atoms with Gasteiger partial charge in [0.1, 0.15) is 5.82 Å². The fourth-order valence-corrected chi connectivity index (χ4v) is 2.17. The summed E-state index contributed by atoms with van der Waals surface area (Å²) in [5.74, 6) is 0.0297. The predicted octanol–water partition coefficient (Wildman–Crippen LogP) is 1.75. The number of imidazole rings is 1. The van der Waals surface area contributed by atoms with E-state index in [1.165, 1.54) is 0 Å². The number of hydrogen-bond donors (Lipinski definition) is 2. The van der Waals surface area contributed by atoms with Gasteiger partial charge in [-0.25, -0.2) is 9.78 Å². The molecule has 0 bridgehead atoms. The molecule has 0 saturated carbocycles. The lowest BCUT2D eigenvalue weighted by Gasteiger charge is -2.12. The van der Waals surface area contributed by atoms with Crippen molar-refractivity contribution in [2.24, 2.45) is 0 Å². The van der Waals surface area contributed by atoms with Crippen molar-refractivity contribution in [2.45, 2.75) is 19.3 Å². The number of carboxylic acids is 1. The standard InChI is InChI=1S/C13H17N3O2/c1-3-9(8-14-2)12-15-11(13(17)18)10-6-4-5-7-16(10)12/h4-7,9,14H,3,8H2,1-2H3,(H,17,18). The first-order chi connectivity index (χ1) is 8.69. The number of rotatable bonds is 5. The van der Waals surface area contributed by atoms with E-state index in [-0.39, 0.29) is 11.6 Å². The highest BCUT2D eigenvalue weighted by molar-refractivity contribution is 5.93. The van der Waals surface area contributed by atoms with E-state index in [0.29, 0.717) is 5.52 Å². The number of nitrogens with zero attached hydrogens (tertiary/aromatic N) is 2. The summed E-state index contributed by atoms with van der Waals surface area (Å²) in [6.45, 7) is 2.86. The van der Waals surface area contributed by atoms with Crippen molar-refractivity contribution in [3.8, 4) is 0 Å². The second-order valence-corrected chi connectivity index (χ2v) is 4.24. The average molecular weight is 247 g/mol. The summed E-state index contributed by atoms with van der Waals surface area (Å²) in [7, 11) is 1.89. The Morgan fingerprint density at radius 1 is 1.56 bits per heavy atom. The number of fused-ring (bicyclic) bond motifs is 1. The summed E-state index contributed by atoms with van der Waals surface area (Å²) >= 11 is 0. The van der Waals surface area contributed by atoms with E-state index in [0.717, 1.165) is 18.8 Å². The minimum atomic E-state index is -0.982. The van der Waals surface area contributed by atoms with Crippen molar-refractivity contribution < 1.29 is 9.90 Å². The predicted molar refractivity (Wildman–Crippen MR) is 69.1 cm³/mol. The van der Waals surface area contributed by atoms with Gasteiger partial charge in [-0.15, -0.1) is 0 Å². The Hall–Kier alpha value is -1.88. The molecular weight excluding hydrogens is 230 g/mol. The van der Waals surface area contributed by atoms with Crippen LogP contribution in [0.5, 0.6) is 0 Å². The highest BCUT2D eigenvalue weighted by Gasteiger charge is 2.20. The number of likely N-dealkylation sites (N-methyl/N-ethyl adjacent to an activating group) is 1. The monoisotopic (exact) mass is 247 g/mol. The van der Waals surface area contributed by atoms with Gasteiger partial charge < -0.3 is 14.8 Å². The van der Waals surface area contributed by atoms with Crippen LogP contribution in [-0.4, -0.2) is 34.1 Å². The zero-order valence-electron chi connectivity index (χ0n) is 10.6. The van der Waals surface area contributed by atoms with Crippen molar-refractivity contribution in [2.75, 3.05) is 13.6 Å². The lowest BCUT2D eigenvalue weighted by molar-refractivity contribution is 0.0693. The molecule has 1 unspecified atom stereocenters. The lowest BCUT2D eigenvalue weighted by atomic mass is 10.1. The van der Waals surface area contributed by atoms with Gasteiger partial charge in [-0.05, 0) is 25.6 Å². The number of aromatic carboxylic acids is 1. The van der Waals surface area contributed by atoms with Gasteiger partial charge in [-0.3, -0.25) is 0 Å². The highest BCUT2D eigenvalue weighted by atomic mass is 16.4. The van der Waals surface area contributed by atoms with Gasteiger partial charge >= 0.3 is 5.97 Å². The quantitative estimate of drug-likeness (QED) is 0.844. The molecule has 1 atom stereocenters. The molecule has 0 fully saturated rings. The van der Waals surface area contributed by atoms with Gasteiger partial charge in [0, 0.05) is 18.7 Å². The Kier molecular flexibility index (Phi) is 3.62. The highest BCUT2D eigenvalue weighted by Crippen LogP contribution is 2.22. The maximum atomic E-state index is 11.2. The molecule has 0 aromatic carbocycles. The maximum absolute atomic E-state index is 11.2. The molecule has 2 heterocycles. The van der Waals surface area contributed by atoms with Crippen LogP contribution in [0.15, 0.2) is 24.4 Å². The fourth-order valence-electron chi connectivity index (χ4n) is 2.17. The van der Waals surface area contributed by atoms with Crippen LogP contribution < -0.4 is 5.32 Å². The summed E-state index contributed by atoms with van der Waals surface area (Å²) in [5.41, 5.74) is 0.773. The van der Waals surface area contributed by atoms with Crippen molar-refractivity contribution in [3.63, 3.8) is 0 Å². The van der Waals surface area contributed by atoms with Crippen LogP contribution in [0.3, 0.4) is 0 Å². The number of aromatic nitrogens is 2. The number of carbonyl (C=O) groups is 1. The third-order valence-corrected chi connectivity index (χ3v) is 3.09. The van der Waals surface area contributed by atoms with E-state index in [1.807, 2.05) is 29.8 Å². The first kappa shape index (κ1) is 12.6. The molecule has 2 aromatic rings. The second-order valence-electron chi connectivity index (χ2n) is 4.24. The molecule has 0 aliphatic heterocycles. The molecule has 0 saturated heterocycles. The van der Waals surface area contributed by atoms with Crippen molar-refractivity contribution in [3.05, 3.63) is 35.9 Å². The molecular formula is C13H17N3O2. The summed E-state index contributed by atoms with van der Waals surface area (Å²) in [6, 6.07) is 5.49. The van der Waals surface area contributed by atoms with Crippen LogP contribution in [0.4, 0.5) is 0 Å². The first-order valence-electron chi connectivity index (χ1n) is 6.03. The van der Waals surface area contributed by atoms with E-state index >= 15 is 0 Å². The maximum Gasteiger partial charge on any atom is 0.356 e. The van der Waals surface area contributed by atoms with Gasteiger partial charge in [0.05, 0.1) is 5.52 Å². The van der Waals surface area contributed by atoms with Crippen LogP contribution in [0, 0.1) is 0 Å². The Morgan fingerprint density at radius 3 is 2.94 bits per heavy atom. The summed E-state index contributed by atoms with van der Waals surface area (Å²) in [4.78, 5) is 15.5. The molecule has 2 aromatic heterocycles. The van der Waals surface area contributed by atoms with Gasteiger partial charge in [0.25, 0.3) is 0 Å². The minimum absolute atomic E-state index is 0.125. The first-order valence-corrected chi connectivity index (χ1v) is 6.03. The van der Waals surface area contributed by atoms with Crippen LogP contribution in [0.1, 0.15) is 35.6 Å². The van der Waals surface area contributed by atoms with Gasteiger partial charge in [0.15, 0.2) is 5.69 Å². The Balaban J connectivity index is 2.60. The van der Waals surface area contributed by atoms with Gasteiger partial charge in [-0.1, -0.05) is 13.0 Å². The van der Waals surface area contributed by atoms with E-state index < -0.39 is 5.97 Å². The molecule has 96 valence electrons. The molecule has 0 spiro atoms. The molecule has 0 aliphatic carbocycles. The number of nitrogens with one attached hydrogen (secondary N) is 1. The summed E-state index contributed by atoms with van der Waals surface area (Å²) in [5, 5.41) is 12.3. The van der Waals surface area contributed by atoms with E-state index in [4.69, 9.17) is 0 Å². The fraction of sp³-hybridized carbons (Fsp3) is 0.385. The topological polar surface area (TPSA) is 66.6 Å². The van der Waals surface area contributed by atoms with E-state index in [2.05, 4.69) is 17.2 Å². The zero-order valence-corrected chi connectivity index (χ0v) is 10.6. The van der Waals surface area contributed by atoms with Crippen molar-refractivity contribution in [1.82, 2.24) is 14.7 Å². The molecule has 5 heteroatoms. The number of hydrogen-bond acceptors (Lipinski definition) is 3. The van der Waals surface area contributed by atoms with Crippen LogP contribution in [0.25, 0.3) is 5.52 Å². The van der Waals surface area contributed by atoms with Crippen LogP contribution in [-0.2, 0) is 0 Å². The van der Waals surface area contributed by atoms with Crippen molar-refractivity contribution >= 4 is 11.5 Å². The molecule has 18 heavy (non-hydrogen) atoms. The Morgan fingerprint density at radius 2 is 2.33 bits per heavy atom. The SMILES string of the molecule is CCC(CNC)c1nc(C(=O)O)c2ccccn12. The van der Waals surface area contributed by atoms with Crippen molar-refractivity contribution in [1.29, 1.82) is 0 Å². The van der Waals surface area contributed by atoms with Crippen LogP contribution >= 0.6 is 0 Å². The molecule has 2 N–H and O–H groups in total. The normalized spacial score (nSPS) is 12.8. The zero-order chi connectivity index (χ0) is 13.1. The smallest absolute Gasteiger partial charge is 0.356 e. The van der Waals surface area contributed by atoms with Crippen LogP contribution in [0.2, 0.25) is 0 Å². The number of carboxylic acid groups (broad SMARTS) is 1. The third kappa shape index (κ3) is 2.09. The molecule has 0 amide bonds. The summed E-state index contributed by atoms with van der Waals surface area (Å²) in [6.07, 6.45) is 2.77. The Bertz CT molecular complexity index is 562. The van der Waals surface area contributed by atoms with E-state index in [1.54, 1.807) is 6.07 Å². The lowest BCUT2D eigenvalue weighted by Crippen LogP contribution is -2.18. The van der Waals surface area contributed by atoms with E-state index in [9.17, 15) is 9.90 Å². The molecule has 2 rings (SSSR count). The Labute approximate surface area is 105 Å². The van der Waals surface area contributed by atoms with Gasteiger partial charge in [0.2, 0.25) is 0 Å². The summed E-state index contributed by atoms with van der Waals surface area (Å²) < 4.78 is 1.87. The molecule has 5 nitrogen and oxygen atoms in total. The third-order valence-electron chi connectivity index (χ3n) is 3.09. The second kappa shape index (κ2) is 5.18. The molecule has 0 radical (unpaired) electrons. The number of pyridine rings is 1. The van der Waals surface area contributed by atoms with Gasteiger partial charge in [-0.2, -0.15) is 0 Å². The molecule has 0 aliphatic rings.